The number of rotatable bonds is 1. The van der Waals surface area contributed by atoms with Crippen molar-refractivity contribution in [1.82, 2.24) is 0 Å². The zero-order chi connectivity index (χ0) is 8.69. The number of hydrogen-bond donors (Lipinski definition) is 2. The maximum Gasteiger partial charge on any atom is 0.115 e. The Balaban J connectivity index is 0.000000461. The average molecular weight is 170 g/mol. The van der Waals surface area contributed by atoms with E-state index < -0.39 is 0 Å². The zero-order valence-corrected chi connectivity index (χ0v) is 7.81. The molecule has 0 spiro atoms. The van der Waals surface area contributed by atoms with E-state index in [0.717, 1.165) is 6.42 Å². The molecule has 0 radical (unpaired) electrons. The summed E-state index contributed by atoms with van der Waals surface area (Å²) in [7, 11) is 0. The predicted octanol–water partition coefficient (Wildman–Crippen LogP) is 2.50. The van der Waals surface area contributed by atoms with Gasteiger partial charge in [-0.25, -0.2) is 0 Å². The van der Waals surface area contributed by atoms with E-state index in [9.17, 15) is 0 Å². The lowest BCUT2D eigenvalue weighted by molar-refractivity contribution is 0.475. The van der Waals surface area contributed by atoms with Crippen molar-refractivity contribution in [3.8, 4) is 5.75 Å². The van der Waals surface area contributed by atoms with Crippen molar-refractivity contribution in [2.45, 2.75) is 13.3 Å². The maximum atomic E-state index is 8.85. The molecule has 1 aromatic carbocycles. The average Bonchev–Trinajstić information content (AvgIpc) is 2.10. The second-order valence-electron chi connectivity index (χ2n) is 2.02. The van der Waals surface area contributed by atoms with E-state index in [1.807, 2.05) is 12.1 Å². The van der Waals surface area contributed by atoms with Gasteiger partial charge in [0.1, 0.15) is 5.75 Å². The van der Waals surface area contributed by atoms with Crippen molar-refractivity contribution >= 4 is 12.6 Å². The first kappa shape index (κ1) is 10.4. The highest BCUT2D eigenvalue weighted by Crippen LogP contribution is 2.09. The Bertz CT molecular complexity index is 181. The molecule has 0 unspecified atom stereocenters. The Labute approximate surface area is 73.5 Å². The number of aryl methyl sites for hydroxylation is 1. The fraction of sp³-hybridized carbons (Fsp3) is 0.333. The van der Waals surface area contributed by atoms with Gasteiger partial charge in [0, 0.05) is 0 Å². The van der Waals surface area contributed by atoms with Gasteiger partial charge >= 0.3 is 0 Å². The summed E-state index contributed by atoms with van der Waals surface area (Å²) < 4.78 is 0. The molecule has 0 amide bonds. The standard InChI is InChI=1S/C8H10O.CH4S/c1-2-7-3-5-8(9)6-4-7;1-2/h3-6,9H,2H2,1H3;2H,1H3. The third-order valence-electron chi connectivity index (χ3n) is 1.34. The second-order valence-corrected chi connectivity index (χ2v) is 2.02. The van der Waals surface area contributed by atoms with Gasteiger partial charge in [-0.15, -0.1) is 0 Å². The van der Waals surface area contributed by atoms with Crippen molar-refractivity contribution in [1.29, 1.82) is 0 Å². The molecule has 1 nitrogen and oxygen atoms in total. The molecular weight excluding hydrogens is 156 g/mol. The molecule has 0 heterocycles. The molecule has 0 fully saturated rings. The van der Waals surface area contributed by atoms with Crippen molar-refractivity contribution in [2.75, 3.05) is 6.26 Å². The predicted molar refractivity (Wildman–Crippen MR) is 52.4 cm³/mol. The normalized spacial score (nSPS) is 8.27. The summed E-state index contributed by atoms with van der Waals surface area (Å²) in [5.74, 6) is 0.340. The number of aromatic hydroxyl groups is 1. The number of hydrogen-bond acceptors (Lipinski definition) is 2. The first-order valence-corrected chi connectivity index (χ1v) is 4.45. The molecule has 62 valence electrons. The monoisotopic (exact) mass is 170 g/mol. The quantitative estimate of drug-likeness (QED) is 0.620. The summed E-state index contributed by atoms with van der Waals surface area (Å²) in [6.45, 7) is 2.09. The van der Waals surface area contributed by atoms with Crippen LogP contribution in [0.5, 0.6) is 5.75 Å². The van der Waals surface area contributed by atoms with Crippen LogP contribution in [0.25, 0.3) is 0 Å². The fourth-order valence-corrected chi connectivity index (χ4v) is 0.732. The topological polar surface area (TPSA) is 20.2 Å². The van der Waals surface area contributed by atoms with Crippen LogP contribution >= 0.6 is 12.6 Å². The van der Waals surface area contributed by atoms with Crippen LogP contribution in [0.3, 0.4) is 0 Å². The lowest BCUT2D eigenvalue weighted by atomic mass is 10.2. The first-order chi connectivity index (χ1) is 5.33. The number of phenolic OH excluding ortho intramolecular Hbond substituents is 1. The number of benzene rings is 1. The molecule has 0 aliphatic rings. The minimum Gasteiger partial charge on any atom is -0.508 e. The summed E-state index contributed by atoms with van der Waals surface area (Å²) in [6, 6.07) is 7.27. The molecule has 0 aliphatic carbocycles. The van der Waals surface area contributed by atoms with Crippen LogP contribution in [0.15, 0.2) is 24.3 Å². The van der Waals surface area contributed by atoms with E-state index in [2.05, 4.69) is 19.6 Å². The van der Waals surface area contributed by atoms with E-state index in [0.29, 0.717) is 5.75 Å². The van der Waals surface area contributed by atoms with Gasteiger partial charge in [-0.1, -0.05) is 19.1 Å². The summed E-state index contributed by atoms with van der Waals surface area (Å²) in [5, 5.41) is 8.85. The van der Waals surface area contributed by atoms with Crippen molar-refractivity contribution in [3.63, 3.8) is 0 Å². The van der Waals surface area contributed by atoms with Crippen LogP contribution < -0.4 is 0 Å². The third kappa shape index (κ3) is 3.94. The molecule has 1 N–H and O–H groups in total. The molecule has 1 aromatic rings. The molecule has 1 rings (SSSR count). The van der Waals surface area contributed by atoms with Crippen LogP contribution in [0.2, 0.25) is 0 Å². The number of phenols is 1. The van der Waals surface area contributed by atoms with Crippen molar-refractivity contribution < 1.29 is 5.11 Å². The fourth-order valence-electron chi connectivity index (χ4n) is 0.732. The lowest BCUT2D eigenvalue weighted by Crippen LogP contribution is -1.75. The Hall–Kier alpha value is -0.630. The minimum absolute atomic E-state index is 0.340. The Morgan fingerprint density at radius 1 is 1.18 bits per heavy atom. The molecule has 2 heteroatoms. The lowest BCUT2D eigenvalue weighted by Gasteiger charge is -1.93. The SMILES string of the molecule is CCc1ccc(O)cc1.CS. The first-order valence-electron chi connectivity index (χ1n) is 3.55. The zero-order valence-electron chi connectivity index (χ0n) is 6.91. The van der Waals surface area contributed by atoms with Gasteiger partial charge in [-0.3, -0.25) is 0 Å². The molecule has 0 atom stereocenters. The van der Waals surface area contributed by atoms with Gasteiger partial charge in [0.25, 0.3) is 0 Å². The van der Waals surface area contributed by atoms with Gasteiger partial charge in [-0.05, 0) is 30.4 Å². The summed E-state index contributed by atoms with van der Waals surface area (Å²) in [6.07, 6.45) is 2.72. The molecule has 0 saturated heterocycles. The van der Waals surface area contributed by atoms with Gasteiger partial charge < -0.3 is 5.11 Å². The smallest absolute Gasteiger partial charge is 0.115 e. The van der Waals surface area contributed by atoms with Crippen molar-refractivity contribution in [3.05, 3.63) is 29.8 Å². The highest BCUT2D eigenvalue weighted by atomic mass is 32.1. The van der Waals surface area contributed by atoms with Crippen LogP contribution in [-0.4, -0.2) is 11.4 Å². The molecule has 0 saturated carbocycles. The molecule has 0 bridgehead atoms. The van der Waals surface area contributed by atoms with Gasteiger partial charge in [-0.2, -0.15) is 12.6 Å². The molecule has 0 aromatic heterocycles. The highest BCUT2D eigenvalue weighted by molar-refractivity contribution is 7.79. The van der Waals surface area contributed by atoms with E-state index in [4.69, 9.17) is 5.11 Å². The Morgan fingerprint density at radius 3 is 2.00 bits per heavy atom. The second kappa shape index (κ2) is 6.10. The summed E-state index contributed by atoms with van der Waals surface area (Å²) >= 11 is 3.53. The summed E-state index contributed by atoms with van der Waals surface area (Å²) in [4.78, 5) is 0. The largest absolute Gasteiger partial charge is 0.508 e. The minimum atomic E-state index is 0.340. The highest BCUT2D eigenvalue weighted by Gasteiger charge is 1.86. The van der Waals surface area contributed by atoms with E-state index in [1.54, 1.807) is 18.4 Å². The van der Waals surface area contributed by atoms with E-state index in [-0.39, 0.29) is 0 Å². The molecule has 0 aliphatic heterocycles. The van der Waals surface area contributed by atoms with E-state index >= 15 is 0 Å². The molecule has 11 heavy (non-hydrogen) atoms. The van der Waals surface area contributed by atoms with Crippen molar-refractivity contribution in [2.24, 2.45) is 0 Å². The third-order valence-corrected chi connectivity index (χ3v) is 1.34. The Morgan fingerprint density at radius 2 is 1.64 bits per heavy atom. The summed E-state index contributed by atoms with van der Waals surface area (Å²) in [5.41, 5.74) is 1.26. The van der Waals surface area contributed by atoms with Gasteiger partial charge in [0.2, 0.25) is 0 Å². The van der Waals surface area contributed by atoms with Crippen LogP contribution in [0.4, 0.5) is 0 Å². The van der Waals surface area contributed by atoms with Gasteiger partial charge in [0.15, 0.2) is 0 Å². The van der Waals surface area contributed by atoms with Crippen LogP contribution in [0, 0.1) is 0 Å². The molecular formula is C9H14OS. The van der Waals surface area contributed by atoms with Crippen LogP contribution in [-0.2, 0) is 6.42 Å². The maximum absolute atomic E-state index is 8.85. The van der Waals surface area contributed by atoms with Crippen LogP contribution in [0.1, 0.15) is 12.5 Å². The van der Waals surface area contributed by atoms with E-state index in [1.165, 1.54) is 5.56 Å². The Kier molecular flexibility index (Phi) is 5.75. The number of thiol groups is 1. The van der Waals surface area contributed by atoms with Gasteiger partial charge in [0.05, 0.1) is 0 Å².